The van der Waals surface area contributed by atoms with Crippen LogP contribution in [0.25, 0.3) is 0 Å². The number of hydrogen-bond acceptors (Lipinski definition) is 5. The lowest BCUT2D eigenvalue weighted by Gasteiger charge is -2.30. The van der Waals surface area contributed by atoms with Crippen LogP contribution in [-0.4, -0.2) is 43.4 Å². The number of rotatable bonds is 7. The summed E-state index contributed by atoms with van der Waals surface area (Å²) in [6, 6.07) is 2.97. The molecule has 0 radical (unpaired) electrons. The zero-order chi connectivity index (χ0) is 20.0. The molecule has 1 aliphatic carbocycles. The lowest BCUT2D eigenvalue weighted by atomic mass is 9.85. The Morgan fingerprint density at radius 3 is 2.44 bits per heavy atom. The third kappa shape index (κ3) is 5.66. The molecule has 2 rings (SSSR count). The number of carbonyl (C=O) groups is 1. The fourth-order valence-electron chi connectivity index (χ4n) is 3.30. The van der Waals surface area contributed by atoms with Crippen LogP contribution in [0.4, 0.5) is 30.2 Å². The van der Waals surface area contributed by atoms with Crippen LogP contribution < -0.4 is 21.7 Å². The molecule has 6 N–H and O–H groups in total. The van der Waals surface area contributed by atoms with Crippen molar-refractivity contribution < 1.29 is 23.1 Å². The molecule has 0 bridgehead atoms. The number of amides is 1. The summed E-state index contributed by atoms with van der Waals surface area (Å²) in [6.07, 6.45) is -3.01. The number of alkyl halides is 3. The Balaban J connectivity index is 2.07. The van der Waals surface area contributed by atoms with Crippen molar-refractivity contribution in [3.8, 4) is 0 Å². The average Bonchev–Trinajstić information content (AvgIpc) is 2.62. The molecular formula is C18H27F3N4O2. The highest BCUT2D eigenvalue weighted by molar-refractivity contribution is 6.02. The molecule has 0 saturated heterocycles. The van der Waals surface area contributed by atoms with E-state index in [1.54, 1.807) is 19.2 Å². The fourth-order valence-corrected chi connectivity index (χ4v) is 3.30. The minimum Gasteiger partial charge on any atom is -0.397 e. The molecule has 1 fully saturated rings. The van der Waals surface area contributed by atoms with E-state index in [4.69, 9.17) is 10.8 Å². The van der Waals surface area contributed by atoms with Crippen LogP contribution in [0.1, 0.15) is 42.5 Å². The Bertz CT molecular complexity index is 644. The topological polar surface area (TPSA) is 99.4 Å². The van der Waals surface area contributed by atoms with Crippen LogP contribution in [0.15, 0.2) is 12.1 Å². The second-order valence-electron chi connectivity index (χ2n) is 6.80. The van der Waals surface area contributed by atoms with Crippen molar-refractivity contribution in [1.29, 1.82) is 0 Å². The molecule has 152 valence electrons. The summed E-state index contributed by atoms with van der Waals surface area (Å²) in [7, 11) is 1.71. The van der Waals surface area contributed by atoms with Crippen LogP contribution >= 0.6 is 0 Å². The summed E-state index contributed by atoms with van der Waals surface area (Å²) in [6.45, 7) is 0.491. The van der Waals surface area contributed by atoms with Gasteiger partial charge >= 0.3 is 6.18 Å². The Morgan fingerprint density at radius 2 is 1.89 bits per heavy atom. The normalized spacial score (nSPS) is 20.2. The summed E-state index contributed by atoms with van der Waals surface area (Å²) in [4.78, 5) is 12.7. The minimum absolute atomic E-state index is 0.0187. The number of anilines is 3. The van der Waals surface area contributed by atoms with Gasteiger partial charge in [0.15, 0.2) is 0 Å². The van der Waals surface area contributed by atoms with Crippen LogP contribution in [0, 0.1) is 5.92 Å². The number of hydrogen-bond donors (Lipinski definition) is 5. The Morgan fingerprint density at radius 1 is 1.22 bits per heavy atom. The van der Waals surface area contributed by atoms with Gasteiger partial charge in [-0.3, -0.25) is 4.79 Å². The molecule has 9 heteroatoms. The minimum atomic E-state index is -4.17. The fraction of sp³-hybridized carbons (Fsp3) is 0.611. The molecule has 1 amide bonds. The van der Waals surface area contributed by atoms with E-state index in [0.717, 1.165) is 0 Å². The molecule has 1 aromatic carbocycles. The number of carbonyl (C=O) groups excluding carboxylic acids is 1. The number of aliphatic hydroxyl groups is 1. The van der Waals surface area contributed by atoms with Gasteiger partial charge in [-0.1, -0.05) is 0 Å². The monoisotopic (exact) mass is 388 g/mol. The smallest absolute Gasteiger partial charge is 0.391 e. The summed E-state index contributed by atoms with van der Waals surface area (Å²) >= 11 is 0. The molecular weight excluding hydrogens is 361 g/mol. The SMILES string of the molecule is CNc1cc(NCCCO)c(C(=O)N[C@H]2CC[C@H](C(F)(F)F)CC2)cc1N. The van der Waals surface area contributed by atoms with Crippen molar-refractivity contribution in [1.82, 2.24) is 5.32 Å². The van der Waals surface area contributed by atoms with Gasteiger partial charge in [-0.25, -0.2) is 0 Å². The van der Waals surface area contributed by atoms with Crippen LogP contribution in [-0.2, 0) is 0 Å². The molecule has 27 heavy (non-hydrogen) atoms. The maximum absolute atomic E-state index is 12.8. The van der Waals surface area contributed by atoms with Gasteiger partial charge in [0.1, 0.15) is 0 Å². The third-order valence-electron chi connectivity index (χ3n) is 4.88. The van der Waals surface area contributed by atoms with Crippen molar-refractivity contribution in [3.63, 3.8) is 0 Å². The predicted octanol–water partition coefficient (Wildman–Crippen LogP) is 2.96. The lowest BCUT2D eigenvalue weighted by molar-refractivity contribution is -0.182. The van der Waals surface area contributed by atoms with Gasteiger partial charge in [-0.2, -0.15) is 13.2 Å². The Hall–Kier alpha value is -2.16. The third-order valence-corrected chi connectivity index (χ3v) is 4.88. The number of benzene rings is 1. The highest BCUT2D eigenvalue weighted by Gasteiger charge is 2.41. The van der Waals surface area contributed by atoms with Gasteiger partial charge in [0.2, 0.25) is 0 Å². The van der Waals surface area contributed by atoms with Gasteiger partial charge in [-0.15, -0.1) is 0 Å². The van der Waals surface area contributed by atoms with Crippen molar-refractivity contribution >= 4 is 23.0 Å². The lowest BCUT2D eigenvalue weighted by Crippen LogP contribution is -2.40. The molecule has 6 nitrogen and oxygen atoms in total. The van der Waals surface area contributed by atoms with Crippen LogP contribution in [0.5, 0.6) is 0 Å². The van der Waals surface area contributed by atoms with E-state index in [9.17, 15) is 18.0 Å². The zero-order valence-electron chi connectivity index (χ0n) is 15.3. The highest BCUT2D eigenvalue weighted by atomic mass is 19.4. The number of nitrogens with two attached hydrogens (primary N) is 1. The summed E-state index contributed by atoms with van der Waals surface area (Å²) in [5.74, 6) is -1.65. The maximum Gasteiger partial charge on any atom is 0.391 e. The summed E-state index contributed by atoms with van der Waals surface area (Å²) in [5.41, 5.74) is 7.91. The zero-order valence-corrected chi connectivity index (χ0v) is 15.3. The van der Waals surface area contributed by atoms with E-state index >= 15 is 0 Å². The van der Waals surface area contributed by atoms with Crippen molar-refractivity contribution in [2.75, 3.05) is 36.6 Å². The van der Waals surface area contributed by atoms with E-state index in [1.165, 1.54) is 0 Å². The molecule has 0 spiro atoms. The first-order chi connectivity index (χ1) is 12.8. The van der Waals surface area contributed by atoms with Gasteiger partial charge < -0.3 is 26.8 Å². The van der Waals surface area contributed by atoms with E-state index in [1.807, 2.05) is 0 Å². The molecule has 1 saturated carbocycles. The van der Waals surface area contributed by atoms with E-state index < -0.39 is 12.1 Å². The molecule has 0 atom stereocenters. The van der Waals surface area contributed by atoms with Crippen molar-refractivity contribution in [3.05, 3.63) is 17.7 Å². The van der Waals surface area contributed by atoms with Gasteiger partial charge in [0, 0.05) is 31.9 Å². The molecule has 0 unspecified atom stereocenters. The summed E-state index contributed by atoms with van der Waals surface area (Å²) < 4.78 is 38.3. The molecule has 1 aliphatic rings. The Labute approximate surface area is 156 Å². The first-order valence-corrected chi connectivity index (χ1v) is 9.09. The highest BCUT2D eigenvalue weighted by Crippen LogP contribution is 2.37. The molecule has 1 aromatic rings. The number of halogens is 3. The van der Waals surface area contributed by atoms with E-state index in [2.05, 4.69) is 16.0 Å². The largest absolute Gasteiger partial charge is 0.397 e. The molecule has 0 heterocycles. The predicted molar refractivity (Wildman–Crippen MR) is 99.9 cm³/mol. The van der Waals surface area contributed by atoms with Crippen molar-refractivity contribution in [2.45, 2.75) is 44.3 Å². The first-order valence-electron chi connectivity index (χ1n) is 9.09. The van der Waals surface area contributed by atoms with Crippen LogP contribution in [0.2, 0.25) is 0 Å². The second kappa shape index (κ2) is 9.16. The van der Waals surface area contributed by atoms with Crippen molar-refractivity contribution in [2.24, 2.45) is 5.92 Å². The number of nitrogen functional groups attached to an aromatic ring is 1. The summed E-state index contributed by atoms with van der Waals surface area (Å²) in [5, 5.41) is 17.8. The number of nitrogens with one attached hydrogen (secondary N) is 3. The van der Waals surface area contributed by atoms with E-state index in [-0.39, 0.29) is 31.4 Å². The molecule has 0 aromatic heterocycles. The van der Waals surface area contributed by atoms with E-state index in [0.29, 0.717) is 48.4 Å². The quantitative estimate of drug-likeness (QED) is 0.365. The molecule has 0 aliphatic heterocycles. The van der Waals surface area contributed by atoms with Gasteiger partial charge in [0.25, 0.3) is 5.91 Å². The Kier molecular flexibility index (Phi) is 7.18. The van der Waals surface area contributed by atoms with Crippen LogP contribution in [0.3, 0.4) is 0 Å². The van der Waals surface area contributed by atoms with Gasteiger partial charge in [0.05, 0.1) is 22.9 Å². The first kappa shape index (κ1) is 21.1. The maximum atomic E-state index is 12.8. The average molecular weight is 388 g/mol. The standard InChI is InChI=1S/C18H27F3N4O2/c1-23-16-10-15(24-7-2-8-26)13(9-14(16)22)17(27)25-12-5-3-11(4-6-12)18(19,20)21/h9-12,23-24,26H,2-8,22H2,1H3,(H,25,27)/t11-,12-. The second-order valence-corrected chi connectivity index (χ2v) is 6.80. The number of aliphatic hydroxyl groups excluding tert-OH is 1. The van der Waals surface area contributed by atoms with Gasteiger partial charge in [-0.05, 0) is 44.2 Å².